The minimum Gasteiger partial charge on any atom is -0.460 e. The van der Waals surface area contributed by atoms with Crippen molar-refractivity contribution in [3.63, 3.8) is 0 Å². The standard InChI is InChI=1S/C42H70O18/c1-18(17-55-37-35(51)33(49)31(47)27(15-43)58-37)7-10-42(54-6)19(2)30-24(60-42)12-23-21-11-29(46)41(53)14-26(56-20(3)45)25(13-40(41,5)22(21)8-9-39(23,30)4)57-38-36(52)34(50)32(48)28(16-44)59-38/h18-19,21-38,43-44,46-53H,7-17H2,1-6H3. The summed E-state index contributed by atoms with van der Waals surface area (Å²) in [5.41, 5.74) is -2.78. The molecular weight excluding hydrogens is 792 g/mol. The van der Waals surface area contributed by atoms with Crippen molar-refractivity contribution < 1.29 is 89.0 Å². The second-order valence-electron chi connectivity index (χ2n) is 19.8. The summed E-state index contributed by atoms with van der Waals surface area (Å²) in [6.45, 7) is 8.66. The lowest BCUT2D eigenvalue weighted by molar-refractivity contribution is -0.339. The third-order valence-corrected chi connectivity index (χ3v) is 16.7. The summed E-state index contributed by atoms with van der Waals surface area (Å²) in [6, 6.07) is 0. The summed E-state index contributed by atoms with van der Waals surface area (Å²) in [5.74, 6) is -1.34. The molecule has 0 aromatic carbocycles. The van der Waals surface area contributed by atoms with Crippen LogP contribution in [0.3, 0.4) is 0 Å². The van der Waals surface area contributed by atoms with E-state index in [-0.39, 0.29) is 66.5 Å². The molecule has 18 heteroatoms. The summed E-state index contributed by atoms with van der Waals surface area (Å²) in [7, 11) is 1.66. The third-order valence-electron chi connectivity index (χ3n) is 16.7. The predicted molar refractivity (Wildman–Crippen MR) is 205 cm³/mol. The van der Waals surface area contributed by atoms with E-state index in [2.05, 4.69) is 13.8 Å². The van der Waals surface area contributed by atoms with Crippen LogP contribution in [0.1, 0.15) is 86.0 Å². The van der Waals surface area contributed by atoms with Gasteiger partial charge in [-0.2, -0.15) is 0 Å². The van der Waals surface area contributed by atoms with Crippen molar-refractivity contribution in [3.8, 4) is 0 Å². The maximum Gasteiger partial charge on any atom is 0.302 e. The lowest BCUT2D eigenvalue weighted by Crippen LogP contribution is -2.71. The van der Waals surface area contributed by atoms with Crippen molar-refractivity contribution in [3.05, 3.63) is 0 Å². The Kier molecular flexibility index (Phi) is 13.5. The number of rotatable bonds is 12. The fourth-order valence-electron chi connectivity index (χ4n) is 13.4. The highest BCUT2D eigenvalue weighted by Crippen LogP contribution is 2.72. The molecule has 0 aromatic heterocycles. The maximum absolute atomic E-state index is 12.6. The summed E-state index contributed by atoms with van der Waals surface area (Å²) >= 11 is 0. The molecule has 60 heavy (non-hydrogen) atoms. The van der Waals surface area contributed by atoms with Gasteiger partial charge < -0.3 is 84.2 Å². The van der Waals surface area contributed by atoms with Gasteiger partial charge >= 0.3 is 5.97 Å². The Morgan fingerprint density at radius 3 is 2.05 bits per heavy atom. The summed E-state index contributed by atoms with van der Waals surface area (Å²) in [4.78, 5) is 12.4. The number of fused-ring (bicyclic) bond motifs is 7. The lowest BCUT2D eigenvalue weighted by atomic mass is 9.42. The normalized spacial score (nSPS) is 54.4. The zero-order chi connectivity index (χ0) is 43.9. The number of hydrogen-bond acceptors (Lipinski definition) is 18. The summed E-state index contributed by atoms with van der Waals surface area (Å²) in [5, 5.41) is 106. The second-order valence-corrected chi connectivity index (χ2v) is 19.8. The first-order chi connectivity index (χ1) is 28.2. The average molecular weight is 863 g/mol. The van der Waals surface area contributed by atoms with Gasteiger partial charge in [0, 0.05) is 38.2 Å². The Labute approximate surface area is 351 Å². The Hall–Kier alpha value is -1.17. The van der Waals surface area contributed by atoms with Crippen LogP contribution in [0.5, 0.6) is 0 Å². The van der Waals surface area contributed by atoms with Crippen LogP contribution in [0.25, 0.3) is 0 Å². The van der Waals surface area contributed by atoms with Gasteiger partial charge in [-0.05, 0) is 73.5 Å². The summed E-state index contributed by atoms with van der Waals surface area (Å²) in [6.07, 6.45) is -13.8. The molecule has 24 atom stereocenters. The Balaban J connectivity index is 1.05. The van der Waals surface area contributed by atoms with E-state index in [1.165, 1.54) is 6.92 Å². The van der Waals surface area contributed by atoms with Crippen LogP contribution in [0.15, 0.2) is 0 Å². The number of aliphatic hydroxyl groups excluding tert-OH is 9. The van der Waals surface area contributed by atoms with E-state index in [0.29, 0.717) is 19.3 Å². The number of hydrogen-bond donors (Lipinski definition) is 10. The average Bonchev–Trinajstić information content (AvgIpc) is 3.66. The van der Waals surface area contributed by atoms with Crippen molar-refractivity contribution in [1.29, 1.82) is 0 Å². The van der Waals surface area contributed by atoms with E-state index in [9.17, 15) is 55.9 Å². The molecule has 0 amide bonds. The van der Waals surface area contributed by atoms with Crippen molar-refractivity contribution in [2.45, 2.75) is 183 Å². The van der Waals surface area contributed by atoms with Crippen LogP contribution in [0, 0.1) is 46.3 Å². The first-order valence-electron chi connectivity index (χ1n) is 21.9. The Morgan fingerprint density at radius 1 is 0.833 bits per heavy atom. The van der Waals surface area contributed by atoms with Crippen LogP contribution in [0.2, 0.25) is 0 Å². The predicted octanol–water partition coefficient (Wildman–Crippen LogP) is -1.32. The van der Waals surface area contributed by atoms with Crippen molar-refractivity contribution in [1.82, 2.24) is 0 Å². The van der Waals surface area contributed by atoms with E-state index >= 15 is 0 Å². The van der Waals surface area contributed by atoms with Gasteiger partial charge in [0.15, 0.2) is 18.4 Å². The van der Waals surface area contributed by atoms with Crippen LogP contribution in [0.4, 0.5) is 0 Å². The highest BCUT2D eigenvalue weighted by atomic mass is 16.7. The SMILES string of the molecule is COC1(CCC(C)COC2OC(CO)C(O)C(O)C2O)OC2CC3C4CC(O)C5(O)CC(OC(C)=O)C(OC6OC(CO)C(O)C(O)C6O)CC5(C)C4CCC3(C)C2C1C. The first-order valence-corrected chi connectivity index (χ1v) is 21.9. The molecule has 7 aliphatic rings. The topological polar surface area (TPSA) is 284 Å². The number of methoxy groups -OCH3 is 1. The zero-order valence-corrected chi connectivity index (χ0v) is 35.6. The van der Waals surface area contributed by atoms with Crippen molar-refractivity contribution in [2.24, 2.45) is 46.3 Å². The van der Waals surface area contributed by atoms with Gasteiger partial charge in [0.1, 0.15) is 54.9 Å². The molecule has 24 unspecified atom stereocenters. The molecule has 18 nitrogen and oxygen atoms in total. The van der Waals surface area contributed by atoms with E-state index in [0.717, 1.165) is 19.3 Å². The van der Waals surface area contributed by atoms with Gasteiger partial charge in [0.25, 0.3) is 0 Å². The molecule has 0 radical (unpaired) electrons. The monoisotopic (exact) mass is 862 g/mol. The highest BCUT2D eigenvalue weighted by molar-refractivity contribution is 5.66. The molecule has 10 N–H and O–H groups in total. The molecule has 4 aliphatic carbocycles. The molecule has 7 rings (SSSR count). The van der Waals surface area contributed by atoms with E-state index in [4.69, 9.17) is 33.2 Å². The fraction of sp³-hybridized carbons (Fsp3) is 0.976. The number of esters is 1. The van der Waals surface area contributed by atoms with Gasteiger partial charge in [-0.25, -0.2) is 0 Å². The molecule has 4 saturated carbocycles. The second kappa shape index (κ2) is 17.3. The molecule has 3 heterocycles. The largest absolute Gasteiger partial charge is 0.460 e. The van der Waals surface area contributed by atoms with Crippen molar-refractivity contribution >= 4 is 5.97 Å². The third kappa shape index (κ3) is 7.58. The molecule has 0 spiro atoms. The Bertz CT molecular complexity index is 1500. The molecule has 3 aliphatic heterocycles. The van der Waals surface area contributed by atoms with Gasteiger partial charge in [0.2, 0.25) is 0 Å². The maximum atomic E-state index is 12.6. The molecule has 346 valence electrons. The van der Waals surface area contributed by atoms with Gasteiger partial charge in [0.05, 0.1) is 43.7 Å². The number of aliphatic hydroxyl groups is 10. The smallest absolute Gasteiger partial charge is 0.302 e. The zero-order valence-electron chi connectivity index (χ0n) is 35.6. The fourth-order valence-corrected chi connectivity index (χ4v) is 13.4. The quantitative estimate of drug-likeness (QED) is 0.0804. The molecule has 0 aromatic rings. The van der Waals surface area contributed by atoms with E-state index < -0.39 is 116 Å². The number of ether oxygens (including phenoxy) is 7. The van der Waals surface area contributed by atoms with Crippen LogP contribution in [-0.2, 0) is 38.0 Å². The minimum absolute atomic E-state index is 0.000134. The molecule has 0 bridgehead atoms. The first kappa shape index (κ1) is 46.8. The van der Waals surface area contributed by atoms with Gasteiger partial charge in [-0.3, -0.25) is 4.79 Å². The Morgan fingerprint density at radius 2 is 1.45 bits per heavy atom. The van der Waals surface area contributed by atoms with E-state index in [1.54, 1.807) is 7.11 Å². The summed E-state index contributed by atoms with van der Waals surface area (Å²) < 4.78 is 42.2. The van der Waals surface area contributed by atoms with Gasteiger partial charge in [-0.1, -0.05) is 27.7 Å². The van der Waals surface area contributed by atoms with E-state index in [1.807, 2.05) is 13.8 Å². The highest BCUT2D eigenvalue weighted by Gasteiger charge is 2.73. The minimum atomic E-state index is -1.68. The van der Waals surface area contributed by atoms with Crippen LogP contribution >= 0.6 is 0 Å². The lowest BCUT2D eigenvalue weighted by Gasteiger charge is -2.66. The molecule has 3 saturated heterocycles. The van der Waals surface area contributed by atoms with Gasteiger partial charge in [-0.15, -0.1) is 0 Å². The molecule has 7 fully saturated rings. The van der Waals surface area contributed by atoms with Crippen molar-refractivity contribution in [2.75, 3.05) is 26.9 Å². The van der Waals surface area contributed by atoms with Crippen LogP contribution < -0.4 is 0 Å². The number of carbonyl (C=O) groups excluding carboxylic acids is 1. The van der Waals surface area contributed by atoms with Crippen LogP contribution in [-0.4, -0.2) is 181 Å². The molecular formula is C42H70O18. The number of carbonyl (C=O) groups is 1.